The predicted molar refractivity (Wildman–Crippen MR) is 133 cm³/mol. The van der Waals surface area contributed by atoms with E-state index in [9.17, 15) is 13.2 Å². The van der Waals surface area contributed by atoms with Crippen LogP contribution in [0.1, 0.15) is 42.7 Å². The standard InChI is InChI=1S/C28H28O4S2/c1-32-28(29)23-18-24-25(33(30)19-10-4-2-5-11-19)16-17-26(34(31)20-12-6-3-7-13-20)27(24)22-15-9-8-14-21(22)23/h2-7,10-13,16-17,21-23H,8-9,14-15,18H2,1H3/t21-,22-,23-,33?,34?/m0/s1. The van der Waals surface area contributed by atoms with E-state index in [1.807, 2.05) is 72.8 Å². The van der Waals surface area contributed by atoms with Crippen LogP contribution in [0.2, 0.25) is 0 Å². The summed E-state index contributed by atoms with van der Waals surface area (Å²) >= 11 is 0. The van der Waals surface area contributed by atoms with Gasteiger partial charge in [-0.3, -0.25) is 4.79 Å². The molecule has 2 aliphatic carbocycles. The van der Waals surface area contributed by atoms with E-state index in [4.69, 9.17) is 4.74 Å². The van der Waals surface area contributed by atoms with Crippen molar-refractivity contribution in [3.63, 3.8) is 0 Å². The van der Waals surface area contributed by atoms with Gasteiger partial charge < -0.3 is 4.74 Å². The molecule has 34 heavy (non-hydrogen) atoms. The first-order chi connectivity index (χ1) is 16.6. The summed E-state index contributed by atoms with van der Waals surface area (Å²) < 4.78 is 32.7. The SMILES string of the molecule is COC(=O)[C@H]1Cc2c(S(=O)c3ccccc3)ccc(S(=O)c3ccccc3)c2[C@H]2CCCC[C@H]12. The van der Waals surface area contributed by atoms with E-state index in [1.165, 1.54) is 7.11 Å². The van der Waals surface area contributed by atoms with Gasteiger partial charge in [-0.2, -0.15) is 0 Å². The normalized spacial score (nSPS) is 23.3. The lowest BCUT2D eigenvalue weighted by Crippen LogP contribution is -2.38. The van der Waals surface area contributed by atoms with Crippen LogP contribution in [0.3, 0.4) is 0 Å². The molecule has 0 spiro atoms. The van der Waals surface area contributed by atoms with Crippen molar-refractivity contribution in [2.24, 2.45) is 11.8 Å². The van der Waals surface area contributed by atoms with Gasteiger partial charge in [-0.15, -0.1) is 0 Å². The van der Waals surface area contributed by atoms with Gasteiger partial charge >= 0.3 is 5.97 Å². The second-order valence-electron chi connectivity index (χ2n) is 9.01. The molecular weight excluding hydrogens is 464 g/mol. The lowest BCUT2D eigenvalue weighted by atomic mass is 9.63. The lowest BCUT2D eigenvalue weighted by molar-refractivity contribution is -0.148. The molecule has 0 radical (unpaired) electrons. The Morgan fingerprint density at radius 2 is 1.35 bits per heavy atom. The van der Waals surface area contributed by atoms with Crippen LogP contribution < -0.4 is 0 Å². The van der Waals surface area contributed by atoms with Crippen molar-refractivity contribution >= 4 is 27.6 Å². The van der Waals surface area contributed by atoms with Crippen LogP contribution in [0, 0.1) is 11.8 Å². The average molecular weight is 493 g/mol. The highest BCUT2D eigenvalue weighted by Gasteiger charge is 2.44. The molecule has 0 bridgehead atoms. The molecule has 0 heterocycles. The molecule has 5 rings (SSSR count). The van der Waals surface area contributed by atoms with Crippen molar-refractivity contribution < 1.29 is 17.9 Å². The molecule has 0 N–H and O–H groups in total. The molecule has 6 heteroatoms. The fourth-order valence-corrected chi connectivity index (χ4v) is 8.29. The Kier molecular flexibility index (Phi) is 6.79. The molecule has 176 valence electrons. The monoisotopic (exact) mass is 492 g/mol. The number of hydrogen-bond acceptors (Lipinski definition) is 4. The number of methoxy groups -OCH3 is 1. The van der Waals surface area contributed by atoms with Gasteiger partial charge in [-0.05, 0) is 78.6 Å². The van der Waals surface area contributed by atoms with Crippen LogP contribution in [0.25, 0.3) is 0 Å². The number of carbonyl (C=O) groups excluding carboxylic acids is 1. The lowest BCUT2D eigenvalue weighted by Gasteiger charge is -2.42. The van der Waals surface area contributed by atoms with Crippen LogP contribution in [0.15, 0.2) is 92.4 Å². The Balaban J connectivity index is 1.71. The number of esters is 1. The topological polar surface area (TPSA) is 60.4 Å². The van der Waals surface area contributed by atoms with Crippen molar-refractivity contribution in [2.45, 2.75) is 57.6 Å². The Labute approximate surface area is 205 Å². The summed E-state index contributed by atoms with van der Waals surface area (Å²) in [5.41, 5.74) is 1.97. The highest BCUT2D eigenvalue weighted by molar-refractivity contribution is 7.85. The molecule has 1 fully saturated rings. The number of rotatable bonds is 5. The Morgan fingerprint density at radius 3 is 1.97 bits per heavy atom. The molecule has 0 saturated heterocycles. The van der Waals surface area contributed by atoms with E-state index in [0.717, 1.165) is 51.5 Å². The summed E-state index contributed by atoms with van der Waals surface area (Å²) in [5.74, 6) is -0.207. The summed E-state index contributed by atoms with van der Waals surface area (Å²) in [6.07, 6.45) is 4.50. The minimum absolute atomic E-state index is 0.108. The number of fused-ring (bicyclic) bond motifs is 3. The van der Waals surface area contributed by atoms with Crippen LogP contribution >= 0.6 is 0 Å². The molecule has 0 aliphatic heterocycles. The molecule has 5 atom stereocenters. The fraction of sp³-hybridized carbons (Fsp3) is 0.321. The first-order valence-electron chi connectivity index (χ1n) is 11.8. The Morgan fingerprint density at radius 1 is 0.794 bits per heavy atom. The van der Waals surface area contributed by atoms with Crippen LogP contribution in [-0.4, -0.2) is 21.5 Å². The van der Waals surface area contributed by atoms with Crippen LogP contribution in [0.4, 0.5) is 0 Å². The van der Waals surface area contributed by atoms with Crippen LogP contribution in [-0.2, 0) is 37.6 Å². The van der Waals surface area contributed by atoms with Gasteiger partial charge in [0.2, 0.25) is 0 Å². The smallest absolute Gasteiger partial charge is 0.309 e. The van der Waals surface area contributed by atoms with Gasteiger partial charge in [0.05, 0.1) is 34.6 Å². The molecule has 2 unspecified atom stereocenters. The van der Waals surface area contributed by atoms with E-state index in [1.54, 1.807) is 0 Å². The minimum atomic E-state index is -1.40. The van der Waals surface area contributed by atoms with E-state index in [-0.39, 0.29) is 23.7 Å². The third-order valence-corrected chi connectivity index (χ3v) is 10.2. The number of carbonyl (C=O) groups is 1. The third kappa shape index (κ3) is 4.18. The van der Waals surface area contributed by atoms with Gasteiger partial charge in [0.1, 0.15) is 0 Å². The summed E-state index contributed by atoms with van der Waals surface area (Å²) in [4.78, 5) is 15.8. The second-order valence-corrected chi connectivity index (χ2v) is 11.9. The predicted octanol–water partition coefficient (Wildman–Crippen LogP) is 5.64. The van der Waals surface area contributed by atoms with Gasteiger partial charge in [0.15, 0.2) is 0 Å². The van der Waals surface area contributed by atoms with Gasteiger partial charge in [0.25, 0.3) is 0 Å². The quantitative estimate of drug-likeness (QED) is 0.433. The molecule has 3 aromatic rings. The minimum Gasteiger partial charge on any atom is -0.469 e. The first kappa shape index (κ1) is 23.2. The van der Waals surface area contributed by atoms with Gasteiger partial charge in [-0.25, -0.2) is 8.42 Å². The number of hydrogen-bond donors (Lipinski definition) is 0. The number of benzene rings is 3. The van der Waals surface area contributed by atoms with Crippen molar-refractivity contribution in [3.8, 4) is 0 Å². The summed E-state index contributed by atoms with van der Waals surface area (Å²) in [6, 6.07) is 22.6. The second kappa shape index (κ2) is 9.96. The summed E-state index contributed by atoms with van der Waals surface area (Å²) in [5, 5.41) is 0. The van der Waals surface area contributed by atoms with Crippen molar-refractivity contribution in [2.75, 3.05) is 7.11 Å². The maximum Gasteiger partial charge on any atom is 0.309 e. The van der Waals surface area contributed by atoms with E-state index in [2.05, 4.69) is 0 Å². The zero-order valence-corrected chi connectivity index (χ0v) is 20.8. The van der Waals surface area contributed by atoms with Crippen molar-refractivity contribution in [1.29, 1.82) is 0 Å². The zero-order valence-electron chi connectivity index (χ0n) is 19.1. The molecule has 4 nitrogen and oxygen atoms in total. The Hall–Kier alpha value is -2.57. The molecule has 2 aliphatic rings. The molecule has 0 aromatic heterocycles. The third-order valence-electron chi connectivity index (χ3n) is 7.22. The zero-order chi connectivity index (χ0) is 23.7. The molecule has 1 saturated carbocycles. The Bertz CT molecular complexity index is 1240. The van der Waals surface area contributed by atoms with E-state index in [0.29, 0.717) is 11.3 Å². The highest BCUT2D eigenvalue weighted by atomic mass is 32.2. The van der Waals surface area contributed by atoms with E-state index >= 15 is 0 Å². The largest absolute Gasteiger partial charge is 0.469 e. The molecule has 3 aromatic carbocycles. The van der Waals surface area contributed by atoms with E-state index < -0.39 is 21.6 Å². The number of ether oxygens (including phenoxy) is 1. The molecular formula is C28H28O4S2. The van der Waals surface area contributed by atoms with Crippen molar-refractivity contribution in [3.05, 3.63) is 83.9 Å². The van der Waals surface area contributed by atoms with Crippen molar-refractivity contribution in [1.82, 2.24) is 0 Å². The summed E-state index contributed by atoms with van der Waals surface area (Å²) in [6.45, 7) is 0. The van der Waals surface area contributed by atoms with Crippen LogP contribution in [0.5, 0.6) is 0 Å². The van der Waals surface area contributed by atoms with Gasteiger partial charge in [0, 0.05) is 19.6 Å². The molecule has 0 amide bonds. The first-order valence-corrected chi connectivity index (χ1v) is 14.1. The average Bonchev–Trinajstić information content (AvgIpc) is 2.91. The maximum absolute atomic E-state index is 13.8. The maximum atomic E-state index is 13.8. The highest BCUT2D eigenvalue weighted by Crippen LogP contribution is 2.51. The fourth-order valence-electron chi connectivity index (χ4n) is 5.70. The summed E-state index contributed by atoms with van der Waals surface area (Å²) in [7, 11) is -1.31. The van der Waals surface area contributed by atoms with Gasteiger partial charge in [-0.1, -0.05) is 49.2 Å².